The van der Waals surface area contributed by atoms with Gasteiger partial charge in [0.25, 0.3) is 5.91 Å². The van der Waals surface area contributed by atoms with E-state index in [2.05, 4.69) is 10.6 Å². The van der Waals surface area contributed by atoms with Gasteiger partial charge in [0.1, 0.15) is 6.04 Å². The van der Waals surface area contributed by atoms with Gasteiger partial charge in [-0.3, -0.25) is 4.79 Å². The first-order valence-electron chi connectivity index (χ1n) is 6.25. The van der Waals surface area contributed by atoms with Gasteiger partial charge < -0.3 is 15.7 Å². The molecule has 0 saturated heterocycles. The van der Waals surface area contributed by atoms with Crippen LogP contribution in [0.4, 0.5) is 5.69 Å². The molecule has 0 spiro atoms. The molecule has 0 saturated carbocycles. The highest BCUT2D eigenvalue weighted by atomic mass is 16.4. The lowest BCUT2D eigenvalue weighted by Crippen LogP contribution is -2.41. The Balaban J connectivity index is 2.72. The van der Waals surface area contributed by atoms with E-state index in [1.54, 1.807) is 31.3 Å². The van der Waals surface area contributed by atoms with Crippen LogP contribution >= 0.6 is 0 Å². The number of aliphatic carboxylic acids is 1. The summed E-state index contributed by atoms with van der Waals surface area (Å²) in [7, 11) is 1.79. The molecule has 0 heterocycles. The van der Waals surface area contributed by atoms with Crippen molar-refractivity contribution < 1.29 is 14.7 Å². The number of hydrogen-bond acceptors (Lipinski definition) is 3. The molecule has 0 aliphatic carbocycles. The molecule has 0 aliphatic rings. The van der Waals surface area contributed by atoms with Crippen molar-refractivity contribution in [3.8, 4) is 0 Å². The Morgan fingerprint density at radius 3 is 2.21 bits per heavy atom. The van der Waals surface area contributed by atoms with Crippen LogP contribution < -0.4 is 10.6 Å². The average molecular weight is 264 g/mol. The van der Waals surface area contributed by atoms with E-state index >= 15 is 0 Å². The zero-order valence-electron chi connectivity index (χ0n) is 11.4. The molecule has 1 aromatic rings. The van der Waals surface area contributed by atoms with Crippen LogP contribution in [-0.4, -0.2) is 30.1 Å². The molecule has 1 rings (SSSR count). The van der Waals surface area contributed by atoms with Crippen LogP contribution in [0.15, 0.2) is 24.3 Å². The van der Waals surface area contributed by atoms with Crippen LogP contribution in [0, 0.1) is 5.92 Å². The second-order valence-electron chi connectivity index (χ2n) is 4.82. The number of rotatable bonds is 6. The van der Waals surface area contributed by atoms with E-state index in [9.17, 15) is 9.59 Å². The van der Waals surface area contributed by atoms with E-state index in [0.29, 0.717) is 12.0 Å². The van der Waals surface area contributed by atoms with Gasteiger partial charge in [0.15, 0.2) is 0 Å². The lowest BCUT2D eigenvalue weighted by atomic mass is 10.0. The lowest BCUT2D eigenvalue weighted by molar-refractivity contribution is -0.139. The summed E-state index contributed by atoms with van der Waals surface area (Å²) in [5, 5.41) is 14.6. The normalized spacial score (nSPS) is 12.0. The molecule has 1 amide bonds. The van der Waals surface area contributed by atoms with Gasteiger partial charge in [-0.1, -0.05) is 13.8 Å². The highest BCUT2D eigenvalue weighted by molar-refractivity contribution is 5.96. The first kappa shape index (κ1) is 15.0. The molecule has 1 aromatic carbocycles. The highest BCUT2D eigenvalue weighted by Gasteiger charge is 2.21. The second-order valence-corrected chi connectivity index (χ2v) is 4.82. The third-order valence-corrected chi connectivity index (χ3v) is 2.75. The fourth-order valence-electron chi connectivity index (χ4n) is 1.72. The third-order valence-electron chi connectivity index (χ3n) is 2.75. The minimum atomic E-state index is -1.01. The molecular formula is C14H20N2O3. The fourth-order valence-corrected chi connectivity index (χ4v) is 1.72. The van der Waals surface area contributed by atoms with Gasteiger partial charge in [-0.15, -0.1) is 0 Å². The van der Waals surface area contributed by atoms with Crippen molar-refractivity contribution in [3.63, 3.8) is 0 Å². The SMILES string of the molecule is CNc1ccc(C(=O)N[C@@H](CC(C)C)C(=O)O)cc1. The Bertz CT molecular complexity index is 441. The smallest absolute Gasteiger partial charge is 0.326 e. The molecule has 1 atom stereocenters. The first-order chi connectivity index (χ1) is 8.93. The number of carboxylic acid groups (broad SMARTS) is 1. The van der Waals surface area contributed by atoms with Gasteiger partial charge in [0, 0.05) is 18.3 Å². The Morgan fingerprint density at radius 2 is 1.79 bits per heavy atom. The molecule has 5 heteroatoms. The highest BCUT2D eigenvalue weighted by Crippen LogP contribution is 2.10. The van der Waals surface area contributed by atoms with E-state index in [4.69, 9.17) is 5.11 Å². The minimum absolute atomic E-state index is 0.202. The molecule has 5 nitrogen and oxygen atoms in total. The van der Waals surface area contributed by atoms with Crippen molar-refractivity contribution in [3.05, 3.63) is 29.8 Å². The average Bonchev–Trinajstić information content (AvgIpc) is 2.37. The maximum Gasteiger partial charge on any atom is 0.326 e. The standard InChI is InChI=1S/C14H20N2O3/c1-9(2)8-12(14(18)19)16-13(17)10-4-6-11(15-3)7-5-10/h4-7,9,12,15H,8H2,1-3H3,(H,16,17)(H,18,19)/t12-/m0/s1. The Labute approximate surface area is 113 Å². The van der Waals surface area contributed by atoms with Crippen molar-refractivity contribution in [2.75, 3.05) is 12.4 Å². The number of nitrogens with one attached hydrogen (secondary N) is 2. The van der Waals surface area contributed by atoms with Crippen molar-refractivity contribution in [2.24, 2.45) is 5.92 Å². The van der Waals surface area contributed by atoms with Crippen LogP contribution in [0.5, 0.6) is 0 Å². The zero-order chi connectivity index (χ0) is 14.4. The summed E-state index contributed by atoms with van der Waals surface area (Å²) >= 11 is 0. The largest absolute Gasteiger partial charge is 0.480 e. The van der Waals surface area contributed by atoms with Gasteiger partial charge in [-0.2, -0.15) is 0 Å². The van der Waals surface area contributed by atoms with Crippen LogP contribution in [0.2, 0.25) is 0 Å². The second kappa shape index (κ2) is 6.78. The van der Waals surface area contributed by atoms with E-state index in [-0.39, 0.29) is 11.8 Å². The maximum atomic E-state index is 11.9. The van der Waals surface area contributed by atoms with Crippen molar-refractivity contribution >= 4 is 17.6 Å². The van der Waals surface area contributed by atoms with Gasteiger partial charge in [-0.25, -0.2) is 4.79 Å². The van der Waals surface area contributed by atoms with Crippen LogP contribution in [-0.2, 0) is 4.79 Å². The maximum absolute atomic E-state index is 11.9. The molecule has 19 heavy (non-hydrogen) atoms. The Hall–Kier alpha value is -2.04. The molecular weight excluding hydrogens is 244 g/mol. The number of anilines is 1. The molecule has 0 unspecified atom stereocenters. The molecule has 104 valence electrons. The molecule has 0 aliphatic heterocycles. The molecule has 0 aromatic heterocycles. The van der Waals surface area contributed by atoms with Crippen LogP contribution in [0.1, 0.15) is 30.6 Å². The molecule has 0 bridgehead atoms. The summed E-state index contributed by atoms with van der Waals surface area (Å²) < 4.78 is 0. The lowest BCUT2D eigenvalue weighted by Gasteiger charge is -2.16. The molecule has 0 fully saturated rings. The quantitative estimate of drug-likeness (QED) is 0.734. The van der Waals surface area contributed by atoms with Gasteiger partial charge >= 0.3 is 5.97 Å². The zero-order valence-corrected chi connectivity index (χ0v) is 11.4. The number of amides is 1. The number of carbonyl (C=O) groups is 2. The van der Waals surface area contributed by atoms with E-state index in [1.807, 2.05) is 13.8 Å². The summed E-state index contributed by atoms with van der Waals surface area (Å²) in [6.45, 7) is 3.84. The van der Waals surface area contributed by atoms with Crippen molar-refractivity contribution in [1.82, 2.24) is 5.32 Å². The number of benzene rings is 1. The van der Waals surface area contributed by atoms with E-state index in [1.165, 1.54) is 0 Å². The fraction of sp³-hybridized carbons (Fsp3) is 0.429. The van der Waals surface area contributed by atoms with Crippen LogP contribution in [0.25, 0.3) is 0 Å². The molecule has 0 radical (unpaired) electrons. The topological polar surface area (TPSA) is 78.4 Å². The molecule has 3 N–H and O–H groups in total. The first-order valence-corrected chi connectivity index (χ1v) is 6.25. The van der Waals surface area contributed by atoms with Crippen molar-refractivity contribution in [2.45, 2.75) is 26.3 Å². The summed E-state index contributed by atoms with van der Waals surface area (Å²) in [4.78, 5) is 23.0. The number of carboxylic acids is 1. The minimum Gasteiger partial charge on any atom is -0.480 e. The number of hydrogen-bond donors (Lipinski definition) is 3. The number of carbonyl (C=O) groups excluding carboxylic acids is 1. The van der Waals surface area contributed by atoms with Gasteiger partial charge in [0.2, 0.25) is 0 Å². The van der Waals surface area contributed by atoms with E-state index in [0.717, 1.165) is 5.69 Å². The van der Waals surface area contributed by atoms with Crippen LogP contribution in [0.3, 0.4) is 0 Å². The van der Waals surface area contributed by atoms with Crippen molar-refractivity contribution in [1.29, 1.82) is 0 Å². The predicted molar refractivity (Wildman–Crippen MR) is 74.3 cm³/mol. The summed E-state index contributed by atoms with van der Waals surface area (Å²) in [6.07, 6.45) is 0.412. The Morgan fingerprint density at radius 1 is 1.21 bits per heavy atom. The summed E-state index contributed by atoms with van der Waals surface area (Å²) in [5.74, 6) is -1.17. The van der Waals surface area contributed by atoms with Gasteiger partial charge in [-0.05, 0) is 36.6 Å². The van der Waals surface area contributed by atoms with E-state index < -0.39 is 12.0 Å². The summed E-state index contributed by atoms with van der Waals surface area (Å²) in [6, 6.07) is 6.02. The third kappa shape index (κ3) is 4.62. The predicted octanol–water partition coefficient (Wildman–Crippen LogP) is 1.96. The monoisotopic (exact) mass is 264 g/mol. The van der Waals surface area contributed by atoms with Gasteiger partial charge in [0.05, 0.1) is 0 Å². The Kier molecular flexibility index (Phi) is 5.36. The summed E-state index contributed by atoms with van der Waals surface area (Å²) in [5.41, 5.74) is 1.35.